The van der Waals surface area contributed by atoms with Gasteiger partial charge in [-0.05, 0) is 32.2 Å². The van der Waals surface area contributed by atoms with E-state index in [1.165, 1.54) is 0 Å². The number of unbranched alkanes of at least 4 members (excludes halogenated alkanes) is 1. The molecule has 0 saturated heterocycles. The third kappa shape index (κ3) is 9.89. The van der Waals surface area contributed by atoms with Crippen LogP contribution in [0.25, 0.3) is 0 Å². The summed E-state index contributed by atoms with van der Waals surface area (Å²) in [6, 6.07) is -3.18. The molecule has 144 valence electrons. The molecule has 0 aliphatic heterocycles. The Morgan fingerprint density at radius 1 is 1.00 bits per heavy atom. The van der Waals surface area contributed by atoms with Gasteiger partial charge in [0.2, 0.25) is 17.7 Å². The summed E-state index contributed by atoms with van der Waals surface area (Å²) in [5.41, 5.74) is 16.0. The van der Waals surface area contributed by atoms with E-state index in [0.717, 1.165) is 0 Å². The van der Waals surface area contributed by atoms with Gasteiger partial charge in [0.1, 0.15) is 12.1 Å². The van der Waals surface area contributed by atoms with Crippen LogP contribution in [0.3, 0.4) is 0 Å². The number of hydrogen-bond donors (Lipinski definition) is 7. The topological polar surface area (TPSA) is 191 Å². The quantitative estimate of drug-likeness (QED) is 0.138. The van der Waals surface area contributed by atoms with E-state index < -0.39 is 41.8 Å². The van der Waals surface area contributed by atoms with E-state index in [1.807, 2.05) is 0 Å². The Labute approximate surface area is 151 Å². The minimum atomic E-state index is -1.20. The standard InChI is InChI=1S/C14H27N5O5S/c15-6-2-1-3-10(14(23)24)19-13(22)9(4-5-11(17)20)18-12(21)8(16)7-25/h8-10,25H,1-7,15-16H2,(H2,17,20)(H,18,21)(H,19,22)(H,23,24)/t8-,9-,10-/m0/s1. The van der Waals surface area contributed by atoms with Crippen molar-refractivity contribution in [1.29, 1.82) is 0 Å². The lowest BCUT2D eigenvalue weighted by Crippen LogP contribution is -2.55. The number of nitrogens with two attached hydrogens (primary N) is 3. The van der Waals surface area contributed by atoms with Gasteiger partial charge in [0.15, 0.2) is 0 Å². The van der Waals surface area contributed by atoms with Gasteiger partial charge in [-0.3, -0.25) is 14.4 Å². The van der Waals surface area contributed by atoms with Crippen LogP contribution in [0.1, 0.15) is 32.1 Å². The molecule has 0 heterocycles. The molecule has 0 rings (SSSR count). The van der Waals surface area contributed by atoms with E-state index in [0.29, 0.717) is 19.4 Å². The summed E-state index contributed by atoms with van der Waals surface area (Å²) in [5, 5.41) is 13.9. The molecular weight excluding hydrogens is 350 g/mol. The molecule has 0 fully saturated rings. The molecule has 0 aromatic carbocycles. The zero-order valence-electron chi connectivity index (χ0n) is 13.9. The van der Waals surface area contributed by atoms with Gasteiger partial charge in [-0.15, -0.1) is 0 Å². The minimum absolute atomic E-state index is 0.0623. The van der Waals surface area contributed by atoms with Gasteiger partial charge < -0.3 is 32.9 Å². The van der Waals surface area contributed by atoms with Crippen LogP contribution in [0, 0.1) is 0 Å². The number of primary amides is 1. The molecule has 11 heteroatoms. The highest BCUT2D eigenvalue weighted by molar-refractivity contribution is 7.80. The van der Waals surface area contributed by atoms with Crippen LogP contribution in [-0.2, 0) is 19.2 Å². The molecular formula is C14H27N5O5S. The molecule has 0 saturated carbocycles. The van der Waals surface area contributed by atoms with Crippen molar-refractivity contribution >= 4 is 36.3 Å². The Balaban J connectivity index is 4.94. The average Bonchev–Trinajstić information content (AvgIpc) is 2.56. The molecule has 0 spiro atoms. The molecule has 0 aliphatic rings. The Bertz CT molecular complexity index is 477. The summed E-state index contributed by atoms with van der Waals surface area (Å²) < 4.78 is 0. The monoisotopic (exact) mass is 377 g/mol. The van der Waals surface area contributed by atoms with Gasteiger partial charge >= 0.3 is 5.97 Å². The number of carboxylic acid groups (broad SMARTS) is 1. The smallest absolute Gasteiger partial charge is 0.326 e. The maximum Gasteiger partial charge on any atom is 0.326 e. The van der Waals surface area contributed by atoms with E-state index in [4.69, 9.17) is 17.2 Å². The van der Waals surface area contributed by atoms with E-state index in [1.54, 1.807) is 0 Å². The number of aliphatic carboxylic acids is 1. The minimum Gasteiger partial charge on any atom is -0.480 e. The maximum atomic E-state index is 12.3. The summed E-state index contributed by atoms with van der Waals surface area (Å²) in [6.45, 7) is 0.416. The van der Waals surface area contributed by atoms with Crippen LogP contribution in [-0.4, -0.2) is 59.2 Å². The van der Waals surface area contributed by atoms with Crippen molar-refractivity contribution in [2.75, 3.05) is 12.3 Å². The van der Waals surface area contributed by atoms with E-state index in [2.05, 4.69) is 23.3 Å². The zero-order valence-corrected chi connectivity index (χ0v) is 14.8. The van der Waals surface area contributed by atoms with Crippen molar-refractivity contribution in [3.63, 3.8) is 0 Å². The Morgan fingerprint density at radius 2 is 1.60 bits per heavy atom. The van der Waals surface area contributed by atoms with Crippen LogP contribution in [0.5, 0.6) is 0 Å². The van der Waals surface area contributed by atoms with E-state index in [9.17, 15) is 24.3 Å². The fourth-order valence-corrected chi connectivity index (χ4v) is 2.11. The van der Waals surface area contributed by atoms with E-state index >= 15 is 0 Å². The van der Waals surface area contributed by atoms with Crippen LogP contribution in [0.15, 0.2) is 0 Å². The lowest BCUT2D eigenvalue weighted by molar-refractivity contribution is -0.142. The highest BCUT2D eigenvalue weighted by Gasteiger charge is 2.27. The van der Waals surface area contributed by atoms with Crippen LogP contribution < -0.4 is 27.8 Å². The highest BCUT2D eigenvalue weighted by atomic mass is 32.1. The predicted molar refractivity (Wildman–Crippen MR) is 94.7 cm³/mol. The molecule has 3 atom stereocenters. The van der Waals surface area contributed by atoms with Crippen molar-refractivity contribution < 1.29 is 24.3 Å². The van der Waals surface area contributed by atoms with Crippen LogP contribution in [0.4, 0.5) is 0 Å². The first-order valence-electron chi connectivity index (χ1n) is 7.91. The first-order chi connectivity index (χ1) is 11.7. The molecule has 0 aliphatic carbocycles. The number of rotatable bonds is 13. The molecule has 9 N–H and O–H groups in total. The van der Waals surface area contributed by atoms with Crippen LogP contribution >= 0.6 is 12.6 Å². The Morgan fingerprint density at radius 3 is 2.08 bits per heavy atom. The number of amides is 3. The van der Waals surface area contributed by atoms with Gasteiger partial charge in [0.25, 0.3) is 0 Å². The molecule has 0 bridgehead atoms. The number of hydrogen-bond acceptors (Lipinski definition) is 7. The fraction of sp³-hybridized carbons (Fsp3) is 0.714. The third-order valence-corrected chi connectivity index (χ3v) is 3.80. The SMILES string of the molecule is NCCCC[C@H](NC(=O)[C@H](CCC(N)=O)NC(=O)[C@@H](N)CS)C(=O)O. The van der Waals surface area contributed by atoms with Crippen molar-refractivity contribution in [2.45, 2.75) is 50.2 Å². The molecule has 0 aromatic heterocycles. The summed E-state index contributed by atoms with van der Waals surface area (Å²) >= 11 is 3.90. The normalized spacial score (nSPS) is 14.2. The second-order valence-corrected chi connectivity index (χ2v) is 5.90. The Hall–Kier alpha value is -1.85. The van der Waals surface area contributed by atoms with Gasteiger partial charge in [0, 0.05) is 12.2 Å². The largest absolute Gasteiger partial charge is 0.480 e. The summed E-state index contributed by atoms with van der Waals surface area (Å²) in [7, 11) is 0. The van der Waals surface area contributed by atoms with Crippen molar-refractivity contribution in [3.05, 3.63) is 0 Å². The molecule has 3 amide bonds. The third-order valence-electron chi connectivity index (χ3n) is 3.41. The molecule has 0 unspecified atom stereocenters. The molecule has 10 nitrogen and oxygen atoms in total. The number of carbonyl (C=O) groups is 4. The lowest BCUT2D eigenvalue weighted by atomic mass is 10.1. The summed E-state index contributed by atoms with van der Waals surface area (Å²) in [6.07, 6.45) is 1.13. The second kappa shape index (κ2) is 12.5. The fourth-order valence-electron chi connectivity index (χ4n) is 1.94. The molecule has 0 aromatic rings. The van der Waals surface area contributed by atoms with Crippen molar-refractivity contribution in [1.82, 2.24) is 10.6 Å². The number of nitrogens with one attached hydrogen (secondary N) is 2. The van der Waals surface area contributed by atoms with Gasteiger partial charge in [-0.1, -0.05) is 0 Å². The van der Waals surface area contributed by atoms with Gasteiger partial charge in [0.05, 0.1) is 6.04 Å². The maximum absolute atomic E-state index is 12.3. The highest BCUT2D eigenvalue weighted by Crippen LogP contribution is 2.04. The Kier molecular flexibility index (Phi) is 11.6. The average molecular weight is 377 g/mol. The zero-order chi connectivity index (χ0) is 19.4. The first kappa shape index (κ1) is 23.1. The van der Waals surface area contributed by atoms with Crippen LogP contribution in [0.2, 0.25) is 0 Å². The lowest BCUT2D eigenvalue weighted by Gasteiger charge is -2.22. The number of carbonyl (C=O) groups excluding carboxylic acids is 3. The van der Waals surface area contributed by atoms with Gasteiger partial charge in [-0.2, -0.15) is 12.6 Å². The van der Waals surface area contributed by atoms with E-state index in [-0.39, 0.29) is 25.0 Å². The van der Waals surface area contributed by atoms with Crippen molar-refractivity contribution in [2.24, 2.45) is 17.2 Å². The first-order valence-corrected chi connectivity index (χ1v) is 8.54. The molecule has 0 radical (unpaired) electrons. The van der Waals surface area contributed by atoms with Crippen molar-refractivity contribution in [3.8, 4) is 0 Å². The number of thiol groups is 1. The summed E-state index contributed by atoms with van der Waals surface area (Å²) in [4.78, 5) is 46.4. The van der Waals surface area contributed by atoms with Gasteiger partial charge in [-0.25, -0.2) is 4.79 Å². The number of carboxylic acids is 1. The summed E-state index contributed by atoms with van der Waals surface area (Å²) in [5.74, 6) is -3.14. The predicted octanol–water partition coefficient (Wildman–Crippen LogP) is -2.31. The molecule has 25 heavy (non-hydrogen) atoms. The second-order valence-electron chi connectivity index (χ2n) is 5.54.